The molecule has 1 unspecified atom stereocenters. The van der Waals surface area contributed by atoms with Gasteiger partial charge in [-0.05, 0) is 29.9 Å². The highest BCUT2D eigenvalue weighted by atomic mass is 32.1. The molecule has 0 saturated heterocycles. The van der Waals surface area contributed by atoms with Crippen LogP contribution < -0.4 is 10.1 Å². The van der Waals surface area contributed by atoms with Gasteiger partial charge >= 0.3 is 5.69 Å². The first-order chi connectivity index (χ1) is 11.9. The lowest BCUT2D eigenvalue weighted by Crippen LogP contribution is -2.27. The number of thiocarbonyl (C=S) groups is 1. The summed E-state index contributed by atoms with van der Waals surface area (Å²) < 4.78 is 5.71. The van der Waals surface area contributed by atoms with Crippen molar-refractivity contribution in [2.75, 3.05) is 26.0 Å². The first-order valence-corrected chi connectivity index (χ1v) is 8.23. The number of rotatable bonds is 6. The van der Waals surface area contributed by atoms with Gasteiger partial charge in [0.25, 0.3) is 0 Å². The lowest BCUT2D eigenvalue weighted by Gasteiger charge is -2.16. The van der Waals surface area contributed by atoms with Gasteiger partial charge in [-0.25, -0.2) is 0 Å². The molecule has 7 heteroatoms. The maximum Gasteiger partial charge on any atom is 0.312 e. The average Bonchev–Trinajstić information content (AvgIpc) is 2.60. The summed E-state index contributed by atoms with van der Waals surface area (Å²) in [6.45, 7) is 2.38. The molecule has 0 radical (unpaired) electrons. The van der Waals surface area contributed by atoms with Gasteiger partial charge < -0.3 is 15.0 Å². The third kappa shape index (κ3) is 5.15. The van der Waals surface area contributed by atoms with Crippen LogP contribution in [0.25, 0.3) is 0 Å². The molecule has 2 rings (SSSR count). The number of nitro benzene ring substituents is 1. The van der Waals surface area contributed by atoms with Crippen molar-refractivity contribution in [1.82, 2.24) is 4.90 Å². The molecule has 0 fully saturated rings. The number of hydrogen-bond acceptors (Lipinski definition) is 4. The lowest BCUT2D eigenvalue weighted by atomic mass is 10.0. The molecular weight excluding hydrogens is 338 g/mol. The zero-order valence-electron chi connectivity index (χ0n) is 14.4. The van der Waals surface area contributed by atoms with Crippen LogP contribution in [-0.4, -0.2) is 35.6 Å². The normalized spacial score (nSPS) is 11.5. The van der Waals surface area contributed by atoms with Crippen molar-refractivity contribution in [2.24, 2.45) is 0 Å². The fourth-order valence-corrected chi connectivity index (χ4v) is 2.31. The molecule has 0 aliphatic carbocycles. The minimum absolute atomic E-state index is 0.0909. The van der Waals surface area contributed by atoms with Crippen LogP contribution in [0.2, 0.25) is 0 Å². The van der Waals surface area contributed by atoms with E-state index in [9.17, 15) is 10.1 Å². The Labute approximate surface area is 152 Å². The second-order valence-corrected chi connectivity index (χ2v) is 6.27. The Morgan fingerprint density at radius 3 is 2.56 bits per heavy atom. The quantitative estimate of drug-likeness (QED) is 0.477. The third-order valence-corrected chi connectivity index (χ3v) is 4.14. The van der Waals surface area contributed by atoms with Crippen LogP contribution in [0.15, 0.2) is 48.5 Å². The Kier molecular flexibility index (Phi) is 6.30. The van der Waals surface area contributed by atoms with Gasteiger partial charge in [-0.15, -0.1) is 0 Å². The van der Waals surface area contributed by atoms with Gasteiger partial charge in [-0.2, -0.15) is 0 Å². The molecular formula is C18H21N3O3S. The first-order valence-electron chi connectivity index (χ1n) is 7.83. The van der Waals surface area contributed by atoms with Gasteiger partial charge in [0.15, 0.2) is 10.9 Å². The molecule has 0 aromatic heterocycles. The molecule has 0 saturated carbocycles. The van der Waals surface area contributed by atoms with Crippen LogP contribution in [0.3, 0.4) is 0 Å². The predicted molar refractivity (Wildman–Crippen MR) is 103 cm³/mol. The number of nitrogens with zero attached hydrogens (tertiary/aromatic N) is 2. The van der Waals surface area contributed by atoms with Gasteiger partial charge in [0.2, 0.25) is 0 Å². The minimum Gasteiger partial charge on any atom is -0.486 e. The zero-order chi connectivity index (χ0) is 18.4. The van der Waals surface area contributed by atoms with E-state index in [4.69, 9.17) is 17.0 Å². The van der Waals surface area contributed by atoms with Gasteiger partial charge in [0.1, 0.15) is 0 Å². The summed E-state index contributed by atoms with van der Waals surface area (Å²) in [5.41, 5.74) is 1.58. The van der Waals surface area contributed by atoms with Crippen LogP contribution in [-0.2, 0) is 0 Å². The maximum atomic E-state index is 11.4. The SMILES string of the molecule is CC(COc1ccc(NC(=S)N(C)C)cc1[N+](=O)[O-])c1ccccc1. The Hall–Kier alpha value is -2.67. The maximum absolute atomic E-state index is 11.4. The molecule has 0 aliphatic heterocycles. The number of ether oxygens (including phenoxy) is 1. The van der Waals surface area contributed by atoms with Crippen molar-refractivity contribution in [2.45, 2.75) is 12.8 Å². The highest BCUT2D eigenvalue weighted by Crippen LogP contribution is 2.31. The summed E-state index contributed by atoms with van der Waals surface area (Å²) in [7, 11) is 3.60. The Bertz CT molecular complexity index is 750. The second kappa shape index (κ2) is 8.43. The highest BCUT2D eigenvalue weighted by Gasteiger charge is 2.18. The predicted octanol–water partition coefficient (Wildman–Crippen LogP) is 4.04. The summed E-state index contributed by atoms with van der Waals surface area (Å²) in [6.07, 6.45) is 0. The van der Waals surface area contributed by atoms with E-state index in [1.54, 1.807) is 31.1 Å². The van der Waals surface area contributed by atoms with Gasteiger partial charge in [0.05, 0.1) is 11.5 Å². The molecule has 2 aromatic rings. The fourth-order valence-electron chi connectivity index (χ4n) is 2.19. The van der Waals surface area contributed by atoms with E-state index in [0.717, 1.165) is 5.56 Å². The van der Waals surface area contributed by atoms with E-state index >= 15 is 0 Å². The number of benzene rings is 2. The summed E-state index contributed by atoms with van der Waals surface area (Å²) in [6, 6.07) is 14.6. The molecule has 0 bridgehead atoms. The third-order valence-electron chi connectivity index (χ3n) is 3.67. The highest BCUT2D eigenvalue weighted by molar-refractivity contribution is 7.80. The average molecular weight is 359 g/mol. The number of hydrogen-bond donors (Lipinski definition) is 1. The van der Waals surface area contributed by atoms with Crippen LogP contribution in [0, 0.1) is 10.1 Å². The van der Waals surface area contributed by atoms with Crippen molar-refractivity contribution < 1.29 is 9.66 Å². The molecule has 0 amide bonds. The summed E-state index contributed by atoms with van der Waals surface area (Å²) in [4.78, 5) is 12.6. The summed E-state index contributed by atoms with van der Waals surface area (Å²) in [5.74, 6) is 0.369. The van der Waals surface area contributed by atoms with E-state index in [1.165, 1.54) is 6.07 Å². The zero-order valence-corrected chi connectivity index (χ0v) is 15.2. The van der Waals surface area contributed by atoms with Crippen LogP contribution >= 0.6 is 12.2 Å². The van der Waals surface area contributed by atoms with Crippen molar-refractivity contribution in [3.8, 4) is 5.75 Å². The Morgan fingerprint density at radius 2 is 1.96 bits per heavy atom. The van der Waals surface area contributed by atoms with Crippen molar-refractivity contribution >= 4 is 28.7 Å². The summed E-state index contributed by atoms with van der Waals surface area (Å²) >= 11 is 5.16. The van der Waals surface area contributed by atoms with E-state index in [1.807, 2.05) is 37.3 Å². The fraction of sp³-hybridized carbons (Fsp3) is 0.278. The molecule has 1 N–H and O–H groups in total. The Morgan fingerprint density at radius 1 is 1.28 bits per heavy atom. The standard InChI is InChI=1S/C18H21N3O3S/c1-13(14-7-5-4-6-8-14)12-24-17-10-9-15(11-16(17)21(22)23)19-18(25)20(2)3/h4-11,13H,12H2,1-3H3,(H,19,25). The Balaban J connectivity index is 2.12. The summed E-state index contributed by atoms with van der Waals surface area (Å²) in [5, 5.41) is 14.8. The largest absolute Gasteiger partial charge is 0.486 e. The van der Waals surface area contributed by atoms with Gasteiger partial charge in [-0.3, -0.25) is 10.1 Å². The van der Waals surface area contributed by atoms with E-state index in [2.05, 4.69) is 5.32 Å². The molecule has 0 heterocycles. The topological polar surface area (TPSA) is 67.6 Å². The van der Waals surface area contributed by atoms with Crippen molar-refractivity contribution in [3.05, 3.63) is 64.2 Å². The number of anilines is 1. The molecule has 0 spiro atoms. The van der Waals surface area contributed by atoms with Crippen molar-refractivity contribution in [1.29, 1.82) is 0 Å². The van der Waals surface area contributed by atoms with Crippen molar-refractivity contribution in [3.63, 3.8) is 0 Å². The first kappa shape index (κ1) is 18.7. The van der Waals surface area contributed by atoms with Gasteiger partial charge in [-0.1, -0.05) is 37.3 Å². The lowest BCUT2D eigenvalue weighted by molar-refractivity contribution is -0.385. The molecule has 132 valence electrons. The monoisotopic (exact) mass is 359 g/mol. The van der Waals surface area contributed by atoms with E-state index in [-0.39, 0.29) is 17.4 Å². The molecule has 25 heavy (non-hydrogen) atoms. The molecule has 6 nitrogen and oxygen atoms in total. The number of nitro groups is 1. The molecule has 1 atom stereocenters. The van der Waals surface area contributed by atoms with Gasteiger partial charge in [0, 0.05) is 31.8 Å². The number of nitrogens with one attached hydrogen (secondary N) is 1. The smallest absolute Gasteiger partial charge is 0.312 e. The van der Waals surface area contributed by atoms with Crippen LogP contribution in [0.4, 0.5) is 11.4 Å². The second-order valence-electron chi connectivity index (χ2n) is 5.89. The van der Waals surface area contributed by atoms with Crippen LogP contribution in [0.5, 0.6) is 5.75 Å². The van der Waals surface area contributed by atoms with E-state index in [0.29, 0.717) is 17.4 Å². The molecule has 2 aromatic carbocycles. The molecule has 0 aliphatic rings. The van der Waals surface area contributed by atoms with E-state index < -0.39 is 4.92 Å². The minimum atomic E-state index is -0.452. The van der Waals surface area contributed by atoms with Crippen LogP contribution in [0.1, 0.15) is 18.4 Å².